The second-order valence-electron chi connectivity index (χ2n) is 5.30. The van der Waals surface area contributed by atoms with E-state index >= 15 is 0 Å². The molecule has 0 saturated heterocycles. The van der Waals surface area contributed by atoms with E-state index in [4.69, 9.17) is 0 Å². The van der Waals surface area contributed by atoms with E-state index in [1.165, 1.54) is 6.07 Å². The molecule has 0 spiro atoms. The summed E-state index contributed by atoms with van der Waals surface area (Å²) < 4.78 is 16.1. The van der Waals surface area contributed by atoms with Crippen LogP contribution in [0.25, 0.3) is 0 Å². The van der Waals surface area contributed by atoms with Crippen molar-refractivity contribution in [3.63, 3.8) is 0 Å². The van der Waals surface area contributed by atoms with E-state index < -0.39 is 0 Å². The molecule has 6 heteroatoms. The quantitative estimate of drug-likeness (QED) is 0.912. The van der Waals surface area contributed by atoms with Crippen LogP contribution in [0.2, 0.25) is 0 Å². The summed E-state index contributed by atoms with van der Waals surface area (Å²) in [7, 11) is 1.89. The first kappa shape index (κ1) is 13.6. The summed E-state index contributed by atoms with van der Waals surface area (Å²) in [5.41, 5.74) is 1.89. The zero-order valence-electron chi connectivity index (χ0n) is 12.0. The largest absolute Gasteiger partial charge is 0.373 e. The summed E-state index contributed by atoms with van der Waals surface area (Å²) in [6.07, 6.45) is 4.53. The molecular formula is C15H17FN4O. The number of hydrogen-bond acceptors (Lipinski definition) is 3. The second kappa shape index (κ2) is 5.20. The fourth-order valence-corrected chi connectivity index (χ4v) is 2.60. The van der Waals surface area contributed by atoms with Gasteiger partial charge in [-0.1, -0.05) is 0 Å². The van der Waals surface area contributed by atoms with Crippen molar-refractivity contribution in [1.82, 2.24) is 9.55 Å². The van der Waals surface area contributed by atoms with Gasteiger partial charge < -0.3 is 15.2 Å². The van der Waals surface area contributed by atoms with Crippen molar-refractivity contribution in [3.05, 3.63) is 41.7 Å². The topological polar surface area (TPSA) is 59.0 Å². The first-order valence-electron chi connectivity index (χ1n) is 6.90. The van der Waals surface area contributed by atoms with Crippen molar-refractivity contribution < 1.29 is 9.18 Å². The van der Waals surface area contributed by atoms with Gasteiger partial charge in [0.1, 0.15) is 11.6 Å². The van der Waals surface area contributed by atoms with Crippen LogP contribution in [0.4, 0.5) is 15.8 Å². The van der Waals surface area contributed by atoms with Gasteiger partial charge in [0.05, 0.1) is 11.7 Å². The molecule has 0 saturated carbocycles. The van der Waals surface area contributed by atoms with Crippen molar-refractivity contribution in [2.75, 3.05) is 10.6 Å². The minimum Gasteiger partial charge on any atom is -0.373 e. The summed E-state index contributed by atoms with van der Waals surface area (Å²) in [4.78, 5) is 15.7. The van der Waals surface area contributed by atoms with Gasteiger partial charge in [0.25, 0.3) is 0 Å². The van der Waals surface area contributed by atoms with Gasteiger partial charge in [0, 0.05) is 31.5 Å². The average molecular weight is 288 g/mol. The average Bonchev–Trinajstić information content (AvgIpc) is 2.86. The molecule has 0 aliphatic carbocycles. The molecule has 1 aliphatic heterocycles. The van der Waals surface area contributed by atoms with E-state index in [2.05, 4.69) is 15.6 Å². The molecule has 3 rings (SSSR count). The van der Waals surface area contributed by atoms with Gasteiger partial charge in [-0.15, -0.1) is 0 Å². The fraction of sp³-hybridized carbons (Fsp3) is 0.333. The number of carbonyl (C=O) groups excluding carboxylic acids is 1. The number of benzene rings is 1. The maximum absolute atomic E-state index is 14.2. The SMILES string of the molecule is CC(Nc1cc2c(cc1F)CCC(=O)N2)c1nccn1C. The predicted octanol–water partition coefficient (Wildman–Crippen LogP) is 2.62. The molecule has 1 aromatic carbocycles. The van der Waals surface area contributed by atoms with Crippen LogP contribution in [-0.2, 0) is 18.3 Å². The van der Waals surface area contributed by atoms with E-state index in [1.807, 2.05) is 24.7 Å². The van der Waals surface area contributed by atoms with E-state index in [9.17, 15) is 9.18 Å². The highest BCUT2D eigenvalue weighted by atomic mass is 19.1. The molecule has 0 radical (unpaired) electrons. The van der Waals surface area contributed by atoms with Crippen molar-refractivity contribution >= 4 is 17.3 Å². The highest BCUT2D eigenvalue weighted by Gasteiger charge is 2.19. The van der Waals surface area contributed by atoms with Crippen molar-refractivity contribution in [3.8, 4) is 0 Å². The third kappa shape index (κ3) is 2.61. The molecule has 1 atom stereocenters. The number of halogens is 1. The minimum absolute atomic E-state index is 0.0304. The number of imidazole rings is 1. The monoisotopic (exact) mass is 288 g/mol. The Balaban J connectivity index is 1.87. The zero-order valence-corrected chi connectivity index (χ0v) is 12.0. The number of rotatable bonds is 3. The Kier molecular flexibility index (Phi) is 3.37. The Hall–Kier alpha value is -2.37. The van der Waals surface area contributed by atoms with Crippen LogP contribution in [0.1, 0.15) is 30.8 Å². The Morgan fingerprint density at radius 1 is 1.43 bits per heavy atom. The Morgan fingerprint density at radius 2 is 2.24 bits per heavy atom. The molecule has 0 bridgehead atoms. The Labute approximate surface area is 122 Å². The van der Waals surface area contributed by atoms with Crippen LogP contribution in [0.3, 0.4) is 0 Å². The molecule has 1 unspecified atom stereocenters. The lowest BCUT2D eigenvalue weighted by Crippen LogP contribution is -2.20. The summed E-state index contributed by atoms with van der Waals surface area (Å²) in [6.45, 7) is 1.92. The molecule has 1 amide bonds. The van der Waals surface area contributed by atoms with Crippen molar-refractivity contribution in [2.24, 2.45) is 7.05 Å². The van der Waals surface area contributed by atoms with Gasteiger partial charge in [-0.05, 0) is 31.0 Å². The summed E-state index contributed by atoms with van der Waals surface area (Å²) in [5.74, 6) is 0.472. The third-order valence-electron chi connectivity index (χ3n) is 3.71. The maximum atomic E-state index is 14.2. The summed E-state index contributed by atoms with van der Waals surface area (Å²) >= 11 is 0. The highest BCUT2D eigenvalue weighted by Crippen LogP contribution is 2.30. The van der Waals surface area contributed by atoms with E-state index in [1.54, 1.807) is 12.3 Å². The lowest BCUT2D eigenvalue weighted by Gasteiger charge is -2.21. The van der Waals surface area contributed by atoms with E-state index in [0.717, 1.165) is 11.4 Å². The first-order valence-corrected chi connectivity index (χ1v) is 6.90. The molecule has 2 heterocycles. The van der Waals surface area contributed by atoms with Gasteiger partial charge in [-0.2, -0.15) is 0 Å². The van der Waals surface area contributed by atoms with Gasteiger partial charge in [-0.3, -0.25) is 4.79 Å². The highest BCUT2D eigenvalue weighted by molar-refractivity contribution is 5.94. The van der Waals surface area contributed by atoms with Crippen LogP contribution in [0.5, 0.6) is 0 Å². The molecule has 5 nitrogen and oxygen atoms in total. The Morgan fingerprint density at radius 3 is 2.95 bits per heavy atom. The summed E-state index contributed by atoms with van der Waals surface area (Å²) in [6, 6.07) is 3.00. The summed E-state index contributed by atoms with van der Waals surface area (Å²) in [5, 5.41) is 5.89. The second-order valence-corrected chi connectivity index (χ2v) is 5.30. The van der Waals surface area contributed by atoms with Crippen molar-refractivity contribution in [2.45, 2.75) is 25.8 Å². The van der Waals surface area contributed by atoms with Gasteiger partial charge >= 0.3 is 0 Å². The number of nitrogens with zero attached hydrogens (tertiary/aromatic N) is 2. The normalized spacial score (nSPS) is 15.3. The van der Waals surface area contributed by atoms with Gasteiger partial charge in [0.15, 0.2) is 0 Å². The number of fused-ring (bicyclic) bond motifs is 1. The Bertz CT molecular complexity index is 695. The minimum atomic E-state index is -0.314. The number of hydrogen-bond donors (Lipinski definition) is 2. The molecule has 2 aromatic rings. The number of aromatic nitrogens is 2. The smallest absolute Gasteiger partial charge is 0.224 e. The van der Waals surface area contributed by atoms with Gasteiger partial charge in [0.2, 0.25) is 5.91 Å². The van der Waals surface area contributed by atoms with Crippen LogP contribution >= 0.6 is 0 Å². The number of amides is 1. The molecule has 21 heavy (non-hydrogen) atoms. The number of nitrogens with one attached hydrogen (secondary N) is 2. The number of anilines is 2. The van der Waals surface area contributed by atoms with Crippen LogP contribution < -0.4 is 10.6 Å². The van der Waals surface area contributed by atoms with Crippen LogP contribution in [0.15, 0.2) is 24.5 Å². The van der Waals surface area contributed by atoms with Crippen molar-refractivity contribution in [1.29, 1.82) is 0 Å². The molecule has 1 aromatic heterocycles. The molecule has 110 valence electrons. The fourth-order valence-electron chi connectivity index (χ4n) is 2.60. The van der Waals surface area contributed by atoms with Crippen LogP contribution in [-0.4, -0.2) is 15.5 Å². The number of carbonyl (C=O) groups is 1. The first-order chi connectivity index (χ1) is 10.0. The molecule has 0 fully saturated rings. The molecular weight excluding hydrogens is 271 g/mol. The third-order valence-corrected chi connectivity index (χ3v) is 3.71. The van der Waals surface area contributed by atoms with Crippen LogP contribution in [0, 0.1) is 5.82 Å². The lowest BCUT2D eigenvalue weighted by atomic mass is 10.0. The zero-order chi connectivity index (χ0) is 15.0. The van der Waals surface area contributed by atoms with E-state index in [-0.39, 0.29) is 17.8 Å². The standard InChI is InChI=1S/C15H17FN4O/c1-9(15-17-5-6-20(15)2)18-13-8-12-10(7-11(13)16)3-4-14(21)19-12/h5-9,18H,3-4H2,1-2H3,(H,19,21). The lowest BCUT2D eigenvalue weighted by molar-refractivity contribution is -0.116. The molecule has 1 aliphatic rings. The molecule has 2 N–H and O–H groups in total. The van der Waals surface area contributed by atoms with E-state index in [0.29, 0.717) is 24.2 Å². The van der Waals surface area contributed by atoms with Gasteiger partial charge in [-0.25, -0.2) is 9.37 Å². The predicted molar refractivity (Wildman–Crippen MR) is 78.6 cm³/mol. The maximum Gasteiger partial charge on any atom is 0.224 e. The number of aryl methyl sites for hydroxylation is 2.